The molecule has 2 rings (SSSR count). The summed E-state index contributed by atoms with van der Waals surface area (Å²) in [6, 6.07) is 6.62. The first-order valence-electron chi connectivity index (χ1n) is 6.93. The summed E-state index contributed by atoms with van der Waals surface area (Å²) in [5.74, 6) is 0.622. The van der Waals surface area contributed by atoms with Gasteiger partial charge in [-0.1, -0.05) is 31.5 Å². The molecular weight excluding hydrogens is 227 g/mol. The maximum absolute atomic E-state index is 13.6. The quantitative estimate of drug-likeness (QED) is 0.870. The number of likely N-dealkylation sites (tertiary alicyclic amines) is 1. The third-order valence-electron chi connectivity index (χ3n) is 3.83. The van der Waals surface area contributed by atoms with Crippen LogP contribution in [0.25, 0.3) is 0 Å². The van der Waals surface area contributed by atoms with Gasteiger partial charge >= 0.3 is 0 Å². The van der Waals surface area contributed by atoms with E-state index >= 15 is 0 Å². The second-order valence-electron chi connectivity index (χ2n) is 5.33. The molecule has 2 atom stereocenters. The number of nitrogens with two attached hydrogens (primary N) is 1. The van der Waals surface area contributed by atoms with E-state index in [1.807, 2.05) is 6.07 Å². The fraction of sp³-hybridized carbons (Fsp3) is 0.600. The zero-order chi connectivity index (χ0) is 13.0. The zero-order valence-electron chi connectivity index (χ0n) is 11.1. The van der Waals surface area contributed by atoms with Crippen molar-refractivity contribution in [2.75, 3.05) is 19.6 Å². The molecule has 3 heteroatoms. The van der Waals surface area contributed by atoms with Crippen molar-refractivity contribution in [2.24, 2.45) is 11.7 Å². The largest absolute Gasteiger partial charge is 0.323 e. The highest BCUT2D eigenvalue weighted by Gasteiger charge is 2.24. The van der Waals surface area contributed by atoms with Gasteiger partial charge in [-0.25, -0.2) is 4.39 Å². The van der Waals surface area contributed by atoms with Crippen molar-refractivity contribution in [1.82, 2.24) is 4.90 Å². The molecule has 1 aliphatic heterocycles. The van der Waals surface area contributed by atoms with Crippen LogP contribution in [0.3, 0.4) is 0 Å². The molecule has 0 spiro atoms. The molecule has 2 unspecified atom stereocenters. The molecule has 18 heavy (non-hydrogen) atoms. The minimum Gasteiger partial charge on any atom is -0.323 e. The predicted octanol–water partition coefficient (Wildman–Crippen LogP) is 2.95. The van der Waals surface area contributed by atoms with E-state index in [2.05, 4.69) is 11.8 Å². The van der Waals surface area contributed by atoms with Crippen LogP contribution in [-0.2, 0) is 0 Å². The van der Waals surface area contributed by atoms with Gasteiger partial charge in [-0.05, 0) is 31.4 Å². The standard InChI is InChI=1S/C15H23FN2/c1-2-5-12-8-9-18(10-12)11-15(17)13-6-3-4-7-14(13)16/h3-4,6-7,12,15H,2,5,8-11,17H2,1H3. The lowest BCUT2D eigenvalue weighted by atomic mass is 10.0. The molecule has 1 heterocycles. The van der Waals surface area contributed by atoms with Gasteiger partial charge in [-0.3, -0.25) is 0 Å². The predicted molar refractivity (Wildman–Crippen MR) is 72.8 cm³/mol. The Labute approximate surface area is 109 Å². The Morgan fingerprint density at radius 1 is 1.44 bits per heavy atom. The second-order valence-corrected chi connectivity index (χ2v) is 5.33. The zero-order valence-corrected chi connectivity index (χ0v) is 11.1. The van der Waals surface area contributed by atoms with E-state index in [1.165, 1.54) is 25.3 Å². The molecule has 0 amide bonds. The molecule has 1 fully saturated rings. The Hall–Kier alpha value is -0.930. The van der Waals surface area contributed by atoms with Crippen molar-refractivity contribution in [2.45, 2.75) is 32.2 Å². The molecule has 2 nitrogen and oxygen atoms in total. The molecule has 1 saturated heterocycles. The summed E-state index contributed by atoms with van der Waals surface area (Å²) in [6.07, 6.45) is 3.81. The third kappa shape index (κ3) is 3.30. The lowest BCUT2D eigenvalue weighted by Gasteiger charge is -2.21. The normalized spacial score (nSPS) is 22.3. The number of halogens is 1. The topological polar surface area (TPSA) is 29.3 Å². The highest BCUT2D eigenvalue weighted by molar-refractivity contribution is 5.21. The van der Waals surface area contributed by atoms with Gasteiger partial charge in [0.25, 0.3) is 0 Å². The molecule has 1 aromatic carbocycles. The fourth-order valence-electron chi connectivity index (χ4n) is 2.87. The molecule has 2 N–H and O–H groups in total. The molecule has 0 saturated carbocycles. The molecule has 0 aliphatic carbocycles. The van der Waals surface area contributed by atoms with Crippen LogP contribution in [0.2, 0.25) is 0 Å². The third-order valence-corrected chi connectivity index (χ3v) is 3.83. The lowest BCUT2D eigenvalue weighted by Crippen LogP contribution is -2.31. The van der Waals surface area contributed by atoms with Crippen molar-refractivity contribution in [3.8, 4) is 0 Å². The number of hydrogen-bond donors (Lipinski definition) is 1. The maximum atomic E-state index is 13.6. The molecule has 1 aliphatic rings. The van der Waals surface area contributed by atoms with Gasteiger partial charge in [0.1, 0.15) is 5.82 Å². The van der Waals surface area contributed by atoms with Crippen molar-refractivity contribution < 1.29 is 4.39 Å². The van der Waals surface area contributed by atoms with Gasteiger partial charge in [-0.15, -0.1) is 0 Å². The summed E-state index contributed by atoms with van der Waals surface area (Å²) in [5.41, 5.74) is 6.75. The van der Waals surface area contributed by atoms with Crippen molar-refractivity contribution in [3.63, 3.8) is 0 Å². The highest BCUT2D eigenvalue weighted by Crippen LogP contribution is 2.23. The van der Waals surface area contributed by atoms with Crippen molar-refractivity contribution in [3.05, 3.63) is 35.6 Å². The van der Waals surface area contributed by atoms with E-state index < -0.39 is 0 Å². The van der Waals surface area contributed by atoms with Crippen LogP contribution in [0.4, 0.5) is 4.39 Å². The van der Waals surface area contributed by atoms with Gasteiger partial charge in [0, 0.05) is 24.7 Å². The summed E-state index contributed by atoms with van der Waals surface area (Å²) in [4.78, 5) is 2.37. The molecule has 1 aromatic rings. The van der Waals surface area contributed by atoms with Crippen LogP contribution in [0.15, 0.2) is 24.3 Å². The fourth-order valence-corrected chi connectivity index (χ4v) is 2.87. The summed E-state index contributed by atoms with van der Waals surface area (Å²) >= 11 is 0. The summed E-state index contributed by atoms with van der Waals surface area (Å²) < 4.78 is 13.6. The van der Waals surface area contributed by atoms with Crippen LogP contribution in [-0.4, -0.2) is 24.5 Å². The van der Waals surface area contributed by atoms with Crippen LogP contribution in [0, 0.1) is 11.7 Å². The number of nitrogens with zero attached hydrogens (tertiary/aromatic N) is 1. The second kappa shape index (κ2) is 6.30. The monoisotopic (exact) mass is 250 g/mol. The molecular formula is C15H23FN2. The van der Waals surface area contributed by atoms with Crippen LogP contribution in [0.1, 0.15) is 37.8 Å². The van der Waals surface area contributed by atoms with Gasteiger partial charge in [0.15, 0.2) is 0 Å². The van der Waals surface area contributed by atoms with Gasteiger partial charge in [0.2, 0.25) is 0 Å². The Bertz CT molecular complexity index is 381. The van der Waals surface area contributed by atoms with Gasteiger partial charge in [0.05, 0.1) is 0 Å². The molecule has 100 valence electrons. The summed E-state index contributed by atoms with van der Waals surface area (Å²) in [7, 11) is 0. The number of rotatable bonds is 5. The van der Waals surface area contributed by atoms with Crippen molar-refractivity contribution in [1.29, 1.82) is 0 Å². The summed E-state index contributed by atoms with van der Waals surface area (Å²) in [6.45, 7) is 5.22. The Morgan fingerprint density at radius 2 is 2.22 bits per heavy atom. The molecule has 0 radical (unpaired) electrons. The van der Waals surface area contributed by atoms with E-state index in [0.717, 1.165) is 25.6 Å². The Kier molecular flexibility index (Phi) is 4.72. The number of benzene rings is 1. The highest BCUT2D eigenvalue weighted by atomic mass is 19.1. The maximum Gasteiger partial charge on any atom is 0.128 e. The van der Waals surface area contributed by atoms with Crippen LogP contribution >= 0.6 is 0 Å². The number of hydrogen-bond acceptors (Lipinski definition) is 2. The minimum atomic E-state index is -0.216. The average molecular weight is 250 g/mol. The van der Waals surface area contributed by atoms with Gasteiger partial charge in [-0.2, -0.15) is 0 Å². The van der Waals surface area contributed by atoms with E-state index in [9.17, 15) is 4.39 Å². The average Bonchev–Trinajstić information content (AvgIpc) is 2.77. The minimum absolute atomic E-state index is 0.186. The van der Waals surface area contributed by atoms with E-state index in [4.69, 9.17) is 5.73 Å². The first-order valence-corrected chi connectivity index (χ1v) is 6.93. The Morgan fingerprint density at radius 3 is 2.94 bits per heavy atom. The van der Waals surface area contributed by atoms with Crippen molar-refractivity contribution >= 4 is 0 Å². The van der Waals surface area contributed by atoms with E-state index in [-0.39, 0.29) is 11.9 Å². The van der Waals surface area contributed by atoms with E-state index in [1.54, 1.807) is 12.1 Å². The van der Waals surface area contributed by atoms with Crippen LogP contribution in [0.5, 0.6) is 0 Å². The molecule has 0 bridgehead atoms. The lowest BCUT2D eigenvalue weighted by molar-refractivity contribution is 0.298. The van der Waals surface area contributed by atoms with Crippen LogP contribution < -0.4 is 5.73 Å². The summed E-state index contributed by atoms with van der Waals surface area (Å²) in [5, 5.41) is 0. The van der Waals surface area contributed by atoms with Gasteiger partial charge < -0.3 is 10.6 Å². The first-order chi connectivity index (χ1) is 8.70. The Balaban J connectivity index is 1.89. The first kappa shape index (κ1) is 13.5. The molecule has 0 aromatic heterocycles. The smallest absolute Gasteiger partial charge is 0.128 e. The SMILES string of the molecule is CCCC1CCN(CC(N)c2ccccc2F)C1. The van der Waals surface area contributed by atoms with E-state index in [0.29, 0.717) is 5.56 Å².